The van der Waals surface area contributed by atoms with Crippen LogP contribution >= 0.6 is 0 Å². The molecule has 0 saturated carbocycles. The first-order valence-corrected chi connectivity index (χ1v) is 20.9. The lowest BCUT2D eigenvalue weighted by Crippen LogP contribution is -2.50. The molecule has 0 bridgehead atoms. The van der Waals surface area contributed by atoms with Crippen molar-refractivity contribution in [2.24, 2.45) is 4.99 Å². The van der Waals surface area contributed by atoms with E-state index in [-0.39, 0.29) is 17.7 Å². The number of benzene rings is 7. The normalized spacial score (nSPS) is 18.1. The minimum Gasteiger partial charge on any atom is -0.456 e. The van der Waals surface area contributed by atoms with Crippen molar-refractivity contribution in [3.05, 3.63) is 197 Å². The first-order valence-electron chi connectivity index (χ1n) is 20.9. The van der Waals surface area contributed by atoms with Crippen LogP contribution in [0.15, 0.2) is 178 Å². The predicted molar refractivity (Wildman–Crippen MR) is 244 cm³/mol. The largest absolute Gasteiger partial charge is 0.456 e. The molecule has 7 aromatic carbocycles. The molecular formula is C54H42N4O2. The van der Waals surface area contributed by atoms with Gasteiger partial charge in [-0.05, 0) is 101 Å². The molecule has 290 valence electrons. The van der Waals surface area contributed by atoms with Crippen molar-refractivity contribution >= 4 is 67.5 Å². The molecule has 1 aliphatic carbocycles. The minimum absolute atomic E-state index is 0.107. The van der Waals surface area contributed by atoms with Crippen LogP contribution in [0, 0.1) is 0 Å². The van der Waals surface area contributed by atoms with Crippen LogP contribution in [0.2, 0.25) is 0 Å². The van der Waals surface area contributed by atoms with Crippen LogP contribution in [0.5, 0.6) is 0 Å². The van der Waals surface area contributed by atoms with Gasteiger partial charge < -0.3 is 19.1 Å². The average molecular weight is 779 g/mol. The number of fused-ring (bicyclic) bond motifs is 8. The van der Waals surface area contributed by atoms with Crippen LogP contribution < -0.4 is 26.2 Å². The second-order valence-corrected chi connectivity index (χ2v) is 16.7. The van der Waals surface area contributed by atoms with E-state index in [4.69, 9.17) is 13.8 Å². The molecule has 6 heteroatoms. The summed E-state index contributed by atoms with van der Waals surface area (Å²) in [7, 11) is 0. The van der Waals surface area contributed by atoms with E-state index in [1.54, 1.807) is 0 Å². The summed E-state index contributed by atoms with van der Waals surface area (Å²) in [6.45, 7) is 4.64. The van der Waals surface area contributed by atoms with E-state index < -0.39 is 0 Å². The second kappa shape index (κ2) is 13.4. The number of hydrogen-bond acceptors (Lipinski definition) is 6. The highest BCUT2D eigenvalue weighted by molar-refractivity contribution is 6.07. The topological polar surface area (TPSA) is 65.9 Å². The number of hydrogen-bond donors (Lipinski definition) is 2. The second-order valence-electron chi connectivity index (χ2n) is 16.7. The van der Waals surface area contributed by atoms with Crippen molar-refractivity contribution in [3.63, 3.8) is 0 Å². The molecule has 9 aromatic rings. The van der Waals surface area contributed by atoms with Crippen LogP contribution in [0.25, 0.3) is 55.7 Å². The molecule has 6 nitrogen and oxygen atoms in total. The van der Waals surface area contributed by atoms with E-state index in [9.17, 15) is 0 Å². The lowest BCUT2D eigenvalue weighted by atomic mass is 9.73. The molecule has 12 rings (SSSR count). The van der Waals surface area contributed by atoms with E-state index >= 15 is 0 Å². The number of anilines is 3. The Balaban J connectivity index is 0.949. The van der Waals surface area contributed by atoms with Crippen LogP contribution in [0.4, 0.5) is 17.1 Å². The third kappa shape index (κ3) is 5.48. The number of furan rings is 2. The van der Waals surface area contributed by atoms with Gasteiger partial charge in [-0.3, -0.25) is 5.32 Å². The zero-order chi connectivity index (χ0) is 40.0. The molecule has 60 heavy (non-hydrogen) atoms. The quantitative estimate of drug-likeness (QED) is 0.182. The summed E-state index contributed by atoms with van der Waals surface area (Å²) in [4.78, 5) is 7.70. The van der Waals surface area contributed by atoms with Gasteiger partial charge in [-0.25, -0.2) is 4.99 Å². The van der Waals surface area contributed by atoms with Gasteiger partial charge in [0.1, 0.15) is 40.3 Å². The van der Waals surface area contributed by atoms with Gasteiger partial charge in [0, 0.05) is 44.1 Å². The predicted octanol–water partition coefficient (Wildman–Crippen LogP) is 11.5. The molecule has 0 saturated heterocycles. The molecule has 0 radical (unpaired) electrons. The summed E-state index contributed by atoms with van der Waals surface area (Å²) in [5, 5.41) is 12.0. The molecular weight excluding hydrogens is 737 g/mol. The Labute approximate surface area is 347 Å². The standard InChI is InChI=1S/C54H42N4O2/c1-54(2)42-19-9-11-21-44(42)58(45-22-12-10-20-43(45)54)37-26-28-39-38-27-24-36(31-48(38)60-49(39)32-37)35-25-29-46-41(30-35)50-40(18-13-23-47(50)59-46)53-56-51(33-14-5-3-6-15-33)55-52(57-53)34-16-7-4-8-17-34/h3-12,14-17,19-32,51,53,56H,13,18H2,1-2H3,(H,55,57). The van der Waals surface area contributed by atoms with Gasteiger partial charge in [0.2, 0.25) is 0 Å². The number of rotatable bonds is 5. The highest BCUT2D eigenvalue weighted by Gasteiger charge is 2.36. The summed E-state index contributed by atoms with van der Waals surface area (Å²) in [5.74, 6) is 0.881. The Hall–Kier alpha value is -7.15. The molecule has 0 spiro atoms. The first kappa shape index (κ1) is 34.9. The monoisotopic (exact) mass is 778 g/mol. The van der Waals surface area contributed by atoms with E-state index in [1.165, 1.54) is 28.1 Å². The Kier molecular flexibility index (Phi) is 7.81. The van der Waals surface area contributed by atoms with Crippen LogP contribution in [0.1, 0.15) is 55.1 Å². The smallest absolute Gasteiger partial charge is 0.137 e. The van der Waals surface area contributed by atoms with E-state index in [0.29, 0.717) is 0 Å². The molecule has 2 aliphatic heterocycles. The van der Waals surface area contributed by atoms with Crippen molar-refractivity contribution in [2.75, 3.05) is 4.90 Å². The summed E-state index contributed by atoms with van der Waals surface area (Å²) in [5.41, 5.74) is 15.2. The molecule has 2 aromatic heterocycles. The zero-order valence-corrected chi connectivity index (χ0v) is 33.4. The van der Waals surface area contributed by atoms with Gasteiger partial charge >= 0.3 is 0 Å². The number of nitrogens with zero attached hydrogens (tertiary/aromatic N) is 2. The van der Waals surface area contributed by atoms with Gasteiger partial charge in [0.25, 0.3) is 0 Å². The molecule has 0 amide bonds. The summed E-state index contributed by atoms with van der Waals surface area (Å²) in [6.07, 6.45) is 3.66. The Morgan fingerprint density at radius 3 is 2.02 bits per heavy atom. The van der Waals surface area contributed by atoms with Gasteiger partial charge in [-0.15, -0.1) is 0 Å². The number of nitrogens with one attached hydrogen (secondary N) is 2. The summed E-state index contributed by atoms with van der Waals surface area (Å²) in [6, 6.07) is 58.3. The van der Waals surface area contributed by atoms with Gasteiger partial charge in [-0.1, -0.05) is 123 Å². The minimum atomic E-state index is -0.237. The Bertz CT molecular complexity index is 3270. The third-order valence-electron chi connectivity index (χ3n) is 12.8. The third-order valence-corrected chi connectivity index (χ3v) is 12.8. The molecule has 2 atom stereocenters. The fourth-order valence-electron chi connectivity index (χ4n) is 9.86. The average Bonchev–Trinajstić information content (AvgIpc) is 3.87. The lowest BCUT2D eigenvalue weighted by Gasteiger charge is -2.41. The molecule has 0 fully saturated rings. The maximum Gasteiger partial charge on any atom is 0.137 e. The zero-order valence-electron chi connectivity index (χ0n) is 33.4. The van der Waals surface area contributed by atoms with Gasteiger partial charge in [0.05, 0.1) is 11.4 Å². The summed E-state index contributed by atoms with van der Waals surface area (Å²) >= 11 is 0. The van der Waals surface area contributed by atoms with Crippen LogP contribution in [-0.2, 0) is 5.41 Å². The van der Waals surface area contributed by atoms with Crippen molar-refractivity contribution in [1.29, 1.82) is 0 Å². The summed E-state index contributed by atoms with van der Waals surface area (Å²) < 4.78 is 13.3. The van der Waals surface area contributed by atoms with E-state index in [0.717, 1.165) is 90.2 Å². The fraction of sp³-hybridized carbons (Fsp3) is 0.130. The molecule has 2 unspecified atom stereocenters. The van der Waals surface area contributed by atoms with Gasteiger partial charge in [0.15, 0.2) is 0 Å². The van der Waals surface area contributed by atoms with Crippen molar-refractivity contribution in [3.8, 4) is 11.1 Å². The highest BCUT2D eigenvalue weighted by atomic mass is 16.3. The van der Waals surface area contributed by atoms with Crippen molar-refractivity contribution in [1.82, 2.24) is 10.6 Å². The Morgan fingerprint density at radius 1 is 0.600 bits per heavy atom. The number of para-hydroxylation sites is 2. The SMILES string of the molecule is CC1(C)c2ccccc2N(c2ccc3c(c2)oc2cc(-c4ccc5oc6c(c5c4)=C(C4N=C(c5ccccc5)NC(c5ccccc5)N4)CCC=6)ccc23)c2ccccc21. The number of aliphatic imine (C=N–C) groups is 1. The van der Waals surface area contributed by atoms with Crippen molar-refractivity contribution in [2.45, 2.75) is 44.4 Å². The lowest BCUT2D eigenvalue weighted by molar-refractivity contribution is 0.443. The molecule has 4 heterocycles. The number of amidine groups is 1. The maximum absolute atomic E-state index is 6.73. The first-order chi connectivity index (χ1) is 29.5. The van der Waals surface area contributed by atoms with Gasteiger partial charge in [-0.2, -0.15) is 0 Å². The molecule has 2 N–H and O–H groups in total. The molecule has 3 aliphatic rings. The van der Waals surface area contributed by atoms with Crippen LogP contribution in [-0.4, -0.2) is 12.0 Å². The fourth-order valence-corrected chi connectivity index (χ4v) is 9.86. The van der Waals surface area contributed by atoms with Crippen molar-refractivity contribution < 1.29 is 8.83 Å². The Morgan fingerprint density at radius 2 is 1.25 bits per heavy atom. The highest BCUT2D eigenvalue weighted by Crippen LogP contribution is 2.52. The maximum atomic E-state index is 6.73. The van der Waals surface area contributed by atoms with E-state index in [1.807, 2.05) is 6.07 Å². The van der Waals surface area contributed by atoms with Crippen LogP contribution in [0.3, 0.4) is 0 Å². The van der Waals surface area contributed by atoms with E-state index in [2.05, 4.69) is 193 Å².